The molecule has 0 atom stereocenters. The van der Waals surface area contributed by atoms with Crippen LogP contribution < -0.4 is 4.74 Å². The number of nitrogens with zero attached hydrogens (tertiary/aromatic N) is 1. The lowest BCUT2D eigenvalue weighted by Gasteiger charge is -2.14. The van der Waals surface area contributed by atoms with Gasteiger partial charge in [-0.25, -0.2) is 0 Å². The molecule has 0 spiro atoms. The van der Waals surface area contributed by atoms with Crippen LogP contribution in [-0.2, 0) is 0 Å². The molecule has 0 bridgehead atoms. The number of benzene rings is 2. The molecule has 0 unspecified atom stereocenters. The monoisotopic (exact) mass is 291 g/mol. The summed E-state index contributed by atoms with van der Waals surface area (Å²) in [5.41, 5.74) is 4.28. The van der Waals surface area contributed by atoms with Crippen molar-refractivity contribution in [2.45, 2.75) is 13.8 Å². The number of hydrogen-bond donors (Lipinski definition) is 0. The van der Waals surface area contributed by atoms with Gasteiger partial charge in [-0.15, -0.1) is 0 Å². The van der Waals surface area contributed by atoms with Gasteiger partial charge in [-0.3, -0.25) is 9.78 Å². The van der Waals surface area contributed by atoms with Crippen molar-refractivity contribution < 1.29 is 9.53 Å². The number of Topliss-reactive ketones (excluding diaryl/α,β-unsaturated/α-hetero) is 1. The number of carbonyl (C=O) groups is 1. The van der Waals surface area contributed by atoms with Crippen LogP contribution in [-0.4, -0.2) is 17.9 Å². The number of aryl methyl sites for hydroxylation is 1. The Balaban J connectivity index is 2.37. The van der Waals surface area contributed by atoms with Crippen molar-refractivity contribution in [2.75, 3.05) is 7.11 Å². The summed E-state index contributed by atoms with van der Waals surface area (Å²) < 4.78 is 5.21. The maximum absolute atomic E-state index is 12.2. The Labute approximate surface area is 129 Å². The molecule has 0 fully saturated rings. The van der Waals surface area contributed by atoms with E-state index in [1.165, 1.54) is 0 Å². The molecule has 0 saturated heterocycles. The third-order valence-corrected chi connectivity index (χ3v) is 3.80. The minimum atomic E-state index is 0.0292. The molecule has 22 heavy (non-hydrogen) atoms. The molecular formula is C19H17NO2. The van der Waals surface area contributed by atoms with Crippen molar-refractivity contribution >= 4 is 16.7 Å². The predicted octanol–water partition coefficient (Wildman–Crippen LogP) is 4.42. The van der Waals surface area contributed by atoms with Gasteiger partial charge in [0.05, 0.1) is 12.6 Å². The second kappa shape index (κ2) is 5.60. The van der Waals surface area contributed by atoms with Crippen molar-refractivity contribution in [3.63, 3.8) is 0 Å². The quantitative estimate of drug-likeness (QED) is 0.670. The Bertz CT molecular complexity index is 851. The first-order valence-electron chi connectivity index (χ1n) is 7.16. The highest BCUT2D eigenvalue weighted by molar-refractivity contribution is 6.09. The number of ether oxygens (including phenoxy) is 1. The fourth-order valence-electron chi connectivity index (χ4n) is 2.82. The second-order valence-electron chi connectivity index (χ2n) is 5.25. The van der Waals surface area contributed by atoms with Gasteiger partial charge in [-0.1, -0.05) is 30.3 Å². The summed E-state index contributed by atoms with van der Waals surface area (Å²) in [6, 6.07) is 15.7. The Kier molecular flexibility index (Phi) is 3.63. The zero-order chi connectivity index (χ0) is 15.7. The summed E-state index contributed by atoms with van der Waals surface area (Å²) in [5, 5.41) is 0.989. The van der Waals surface area contributed by atoms with Crippen LogP contribution in [0.15, 0.2) is 48.5 Å². The van der Waals surface area contributed by atoms with Crippen molar-refractivity contribution in [2.24, 2.45) is 0 Å². The number of rotatable bonds is 3. The molecule has 0 amide bonds. The lowest BCUT2D eigenvalue weighted by Crippen LogP contribution is -2.03. The van der Waals surface area contributed by atoms with Gasteiger partial charge in [0.2, 0.25) is 0 Å². The normalized spacial score (nSPS) is 10.7. The van der Waals surface area contributed by atoms with Crippen LogP contribution in [0.2, 0.25) is 0 Å². The van der Waals surface area contributed by atoms with Crippen LogP contribution in [0.4, 0.5) is 0 Å². The van der Waals surface area contributed by atoms with Crippen molar-refractivity contribution in [3.8, 4) is 16.9 Å². The molecular weight excluding hydrogens is 274 g/mol. The number of methoxy groups -OCH3 is 1. The van der Waals surface area contributed by atoms with Gasteiger partial charge >= 0.3 is 0 Å². The fraction of sp³-hybridized carbons (Fsp3) is 0.158. The van der Waals surface area contributed by atoms with Crippen LogP contribution in [0.5, 0.6) is 5.75 Å². The number of pyridine rings is 1. The minimum Gasteiger partial charge on any atom is -0.497 e. The summed E-state index contributed by atoms with van der Waals surface area (Å²) in [6.07, 6.45) is 0. The summed E-state index contributed by atoms with van der Waals surface area (Å²) in [5.74, 6) is 0.824. The van der Waals surface area contributed by atoms with Crippen LogP contribution in [0.25, 0.3) is 22.0 Å². The topological polar surface area (TPSA) is 39.2 Å². The predicted molar refractivity (Wildman–Crippen MR) is 88.5 cm³/mol. The standard InChI is InChI=1S/C19H17NO2/c1-12-18(13(2)21)19(14-8-10-15(22-3)11-9-14)16-6-4-5-7-17(16)20-12/h4-11H,1-3H3. The first kappa shape index (κ1) is 14.3. The highest BCUT2D eigenvalue weighted by atomic mass is 16.5. The first-order valence-corrected chi connectivity index (χ1v) is 7.16. The molecule has 0 aliphatic heterocycles. The van der Waals surface area contributed by atoms with Gasteiger partial charge in [0.25, 0.3) is 0 Å². The molecule has 2 aromatic carbocycles. The van der Waals surface area contributed by atoms with E-state index in [-0.39, 0.29) is 5.78 Å². The molecule has 3 aromatic rings. The molecule has 3 heteroatoms. The van der Waals surface area contributed by atoms with E-state index in [9.17, 15) is 4.79 Å². The van der Waals surface area contributed by atoms with E-state index < -0.39 is 0 Å². The SMILES string of the molecule is COc1ccc(-c2c(C(C)=O)c(C)nc3ccccc23)cc1. The second-order valence-corrected chi connectivity index (χ2v) is 5.25. The smallest absolute Gasteiger partial charge is 0.162 e. The van der Waals surface area contributed by atoms with E-state index in [4.69, 9.17) is 4.74 Å². The van der Waals surface area contributed by atoms with Crippen LogP contribution >= 0.6 is 0 Å². The summed E-state index contributed by atoms with van der Waals surface area (Å²) in [4.78, 5) is 16.7. The maximum Gasteiger partial charge on any atom is 0.162 e. The number of ketones is 1. The number of aromatic nitrogens is 1. The summed E-state index contributed by atoms with van der Waals surface area (Å²) in [7, 11) is 1.64. The average Bonchev–Trinajstić information content (AvgIpc) is 2.53. The number of hydrogen-bond acceptors (Lipinski definition) is 3. The fourth-order valence-corrected chi connectivity index (χ4v) is 2.82. The van der Waals surface area contributed by atoms with Gasteiger partial charge < -0.3 is 4.74 Å². The van der Waals surface area contributed by atoms with E-state index in [2.05, 4.69) is 4.98 Å². The Morgan fingerprint density at radius 3 is 2.36 bits per heavy atom. The van der Waals surface area contributed by atoms with Gasteiger partial charge in [0, 0.05) is 22.2 Å². The Morgan fingerprint density at radius 2 is 1.73 bits per heavy atom. The van der Waals surface area contributed by atoms with E-state index in [1.54, 1.807) is 14.0 Å². The Morgan fingerprint density at radius 1 is 1.05 bits per heavy atom. The minimum absolute atomic E-state index is 0.0292. The molecule has 3 rings (SSSR count). The molecule has 110 valence electrons. The van der Waals surface area contributed by atoms with Gasteiger partial charge in [-0.05, 0) is 37.6 Å². The van der Waals surface area contributed by atoms with E-state index >= 15 is 0 Å². The molecule has 0 aliphatic carbocycles. The van der Waals surface area contributed by atoms with Crippen LogP contribution in [0.1, 0.15) is 23.0 Å². The van der Waals surface area contributed by atoms with E-state index in [0.717, 1.165) is 33.5 Å². The van der Waals surface area contributed by atoms with Crippen molar-refractivity contribution in [1.82, 2.24) is 4.98 Å². The summed E-state index contributed by atoms with van der Waals surface area (Å²) >= 11 is 0. The number of para-hydroxylation sites is 1. The van der Waals surface area contributed by atoms with Gasteiger partial charge in [-0.2, -0.15) is 0 Å². The molecule has 1 aromatic heterocycles. The third-order valence-electron chi connectivity index (χ3n) is 3.80. The van der Waals surface area contributed by atoms with Crippen LogP contribution in [0, 0.1) is 6.92 Å². The van der Waals surface area contributed by atoms with Gasteiger partial charge in [0.15, 0.2) is 5.78 Å². The lowest BCUT2D eigenvalue weighted by atomic mass is 9.92. The average molecular weight is 291 g/mol. The molecule has 3 nitrogen and oxygen atoms in total. The van der Waals surface area contributed by atoms with E-state index in [1.807, 2.05) is 55.5 Å². The maximum atomic E-state index is 12.2. The largest absolute Gasteiger partial charge is 0.497 e. The molecule has 0 radical (unpaired) electrons. The zero-order valence-corrected chi connectivity index (χ0v) is 12.9. The van der Waals surface area contributed by atoms with Crippen LogP contribution in [0.3, 0.4) is 0 Å². The highest BCUT2D eigenvalue weighted by Gasteiger charge is 2.17. The van der Waals surface area contributed by atoms with Crippen molar-refractivity contribution in [1.29, 1.82) is 0 Å². The summed E-state index contributed by atoms with van der Waals surface area (Å²) in [6.45, 7) is 3.47. The first-order chi connectivity index (χ1) is 10.6. The molecule has 1 heterocycles. The van der Waals surface area contributed by atoms with Crippen molar-refractivity contribution in [3.05, 3.63) is 59.8 Å². The lowest BCUT2D eigenvalue weighted by molar-refractivity contribution is 0.101. The van der Waals surface area contributed by atoms with Gasteiger partial charge in [0.1, 0.15) is 5.75 Å². The Hall–Kier alpha value is -2.68. The molecule has 0 saturated carbocycles. The molecule has 0 aliphatic rings. The highest BCUT2D eigenvalue weighted by Crippen LogP contribution is 2.34. The third kappa shape index (κ3) is 2.35. The molecule has 0 N–H and O–H groups in total. The zero-order valence-electron chi connectivity index (χ0n) is 12.9. The number of fused-ring (bicyclic) bond motifs is 1. The number of carbonyl (C=O) groups excluding carboxylic acids is 1. The van der Waals surface area contributed by atoms with E-state index in [0.29, 0.717) is 5.56 Å².